The number of carboxylic acids is 1. The molecule has 0 saturated heterocycles. The first kappa shape index (κ1) is 36.9. The molecular weight excluding hydrogens is 601 g/mol. The molecule has 4 fully saturated rings. The van der Waals surface area contributed by atoms with Crippen LogP contribution in [0, 0.1) is 56.7 Å². The van der Waals surface area contributed by atoms with Gasteiger partial charge in [-0.2, -0.15) is 0 Å². The number of allylic oxidation sites excluding steroid dienone is 3. The van der Waals surface area contributed by atoms with E-state index in [0.717, 1.165) is 37.3 Å². The Morgan fingerprint density at radius 2 is 1.57 bits per heavy atom. The summed E-state index contributed by atoms with van der Waals surface area (Å²) in [5.41, 5.74) is 5.83. The van der Waals surface area contributed by atoms with Crippen LogP contribution >= 0.6 is 0 Å². The van der Waals surface area contributed by atoms with Gasteiger partial charge in [-0.1, -0.05) is 65.0 Å². The van der Waals surface area contributed by atoms with E-state index in [1.807, 2.05) is 12.1 Å². The number of benzene rings is 1. The van der Waals surface area contributed by atoms with E-state index >= 15 is 0 Å². The highest BCUT2D eigenvalue weighted by atomic mass is 16.4. The number of rotatable bonds is 10. The van der Waals surface area contributed by atoms with E-state index < -0.39 is 5.97 Å². The topological polar surface area (TPSA) is 52.6 Å². The molecule has 0 heterocycles. The highest BCUT2D eigenvalue weighted by Crippen LogP contribution is 2.77. The van der Waals surface area contributed by atoms with E-state index in [-0.39, 0.29) is 10.8 Å². The maximum atomic E-state index is 11.6. The van der Waals surface area contributed by atoms with Crippen molar-refractivity contribution >= 4 is 11.5 Å². The number of carboxylic acid groups (broad SMARTS) is 1. The van der Waals surface area contributed by atoms with Crippen molar-refractivity contribution in [1.29, 1.82) is 0 Å². The Labute approximate surface area is 300 Å². The van der Waals surface area contributed by atoms with Gasteiger partial charge in [0.05, 0.1) is 5.56 Å². The van der Waals surface area contributed by atoms with E-state index in [0.29, 0.717) is 45.7 Å². The first-order valence-corrected chi connectivity index (χ1v) is 20.1. The number of nitrogens with zero attached hydrogens (tertiary/aromatic N) is 1. The SMILES string of the molecule is C=C(C)C1CCC2(CNCCN(C(C)C)C(C)C)CCC3(C)C(CCC4C5(C)CC=C(c6ccc(C(=O)O)cc6)C(C)(C)C5CCC43C)C12. The van der Waals surface area contributed by atoms with Crippen molar-refractivity contribution in [2.75, 3.05) is 19.6 Å². The molecule has 0 spiro atoms. The summed E-state index contributed by atoms with van der Waals surface area (Å²) in [5.74, 6) is 2.67. The summed E-state index contributed by atoms with van der Waals surface area (Å²) in [5, 5.41) is 13.6. The number of nitrogens with one attached hydrogen (secondary N) is 1. The van der Waals surface area contributed by atoms with E-state index in [1.165, 1.54) is 74.6 Å². The first-order chi connectivity index (χ1) is 22.9. The van der Waals surface area contributed by atoms with Gasteiger partial charge in [0.15, 0.2) is 0 Å². The summed E-state index contributed by atoms with van der Waals surface area (Å²) >= 11 is 0. The maximum absolute atomic E-state index is 11.6. The zero-order chi connectivity index (χ0) is 35.7. The zero-order valence-corrected chi connectivity index (χ0v) is 32.9. The molecule has 4 heteroatoms. The maximum Gasteiger partial charge on any atom is 0.335 e. The quantitative estimate of drug-likeness (QED) is 0.192. The Balaban J connectivity index is 1.27. The lowest BCUT2D eigenvalue weighted by Crippen LogP contribution is -2.66. The molecule has 6 rings (SSSR count). The number of hydrogen-bond donors (Lipinski definition) is 2. The Hall–Kier alpha value is -1.91. The average molecular weight is 671 g/mol. The molecule has 9 unspecified atom stereocenters. The minimum absolute atomic E-state index is 0.0431. The molecule has 0 aromatic heterocycles. The minimum Gasteiger partial charge on any atom is -0.478 e. The summed E-state index contributed by atoms with van der Waals surface area (Å²) in [6.45, 7) is 32.9. The van der Waals surface area contributed by atoms with E-state index in [9.17, 15) is 9.90 Å². The van der Waals surface area contributed by atoms with Crippen LogP contribution in [0.5, 0.6) is 0 Å². The van der Waals surface area contributed by atoms with Crippen LogP contribution in [0.1, 0.15) is 143 Å². The van der Waals surface area contributed by atoms with Gasteiger partial charge < -0.3 is 10.4 Å². The van der Waals surface area contributed by atoms with Crippen LogP contribution in [0.25, 0.3) is 5.57 Å². The fourth-order valence-electron chi connectivity index (χ4n) is 14.1. The Morgan fingerprint density at radius 3 is 2.18 bits per heavy atom. The van der Waals surface area contributed by atoms with Gasteiger partial charge >= 0.3 is 5.97 Å². The molecule has 5 aliphatic rings. The molecule has 0 amide bonds. The van der Waals surface area contributed by atoms with Crippen LogP contribution in [0.15, 0.2) is 42.5 Å². The molecule has 1 aromatic rings. The Morgan fingerprint density at radius 1 is 0.898 bits per heavy atom. The standard InChI is InChI=1S/C45H70N2O2/c1-29(2)34-18-23-45(28-46-26-27-47(30(3)4)31(5)6)25-24-43(10)36(39(34)45)16-17-38-42(9)21-19-35(32-12-14-33(15-13-32)40(48)49)41(7,8)37(42)20-22-44(38,43)11/h12-15,19,30-31,34,36-39,46H,1,16-18,20-28H2,2-11H3,(H,48,49). The van der Waals surface area contributed by atoms with Crippen molar-refractivity contribution in [3.8, 4) is 0 Å². The minimum atomic E-state index is -0.852. The van der Waals surface area contributed by atoms with E-state index in [4.69, 9.17) is 0 Å². The second kappa shape index (κ2) is 12.9. The van der Waals surface area contributed by atoms with Crippen LogP contribution in [-0.4, -0.2) is 47.7 Å². The van der Waals surface area contributed by atoms with Crippen molar-refractivity contribution < 1.29 is 9.90 Å². The van der Waals surface area contributed by atoms with Gasteiger partial charge in [-0.25, -0.2) is 4.79 Å². The highest BCUT2D eigenvalue weighted by molar-refractivity contribution is 5.88. The van der Waals surface area contributed by atoms with Crippen LogP contribution in [0.3, 0.4) is 0 Å². The lowest BCUT2D eigenvalue weighted by molar-refractivity contribution is -0.225. The average Bonchev–Trinajstić information content (AvgIpc) is 3.41. The van der Waals surface area contributed by atoms with Crippen molar-refractivity contribution in [3.63, 3.8) is 0 Å². The van der Waals surface area contributed by atoms with E-state index in [2.05, 4.69) is 92.1 Å². The number of carbonyl (C=O) groups is 1. The Bertz CT molecular complexity index is 1430. The normalized spacial score (nSPS) is 39.6. The lowest BCUT2D eigenvalue weighted by Gasteiger charge is -2.72. The van der Waals surface area contributed by atoms with Crippen molar-refractivity contribution in [1.82, 2.24) is 10.2 Å². The molecule has 9 atom stereocenters. The molecule has 0 bridgehead atoms. The van der Waals surface area contributed by atoms with Crippen molar-refractivity contribution in [2.24, 2.45) is 56.7 Å². The van der Waals surface area contributed by atoms with Gasteiger partial charge in [0.2, 0.25) is 0 Å². The molecular formula is C45H70N2O2. The summed E-state index contributed by atoms with van der Waals surface area (Å²) in [7, 11) is 0. The highest BCUT2D eigenvalue weighted by Gasteiger charge is 2.70. The van der Waals surface area contributed by atoms with Gasteiger partial charge in [-0.05, 0) is 172 Å². The molecule has 0 radical (unpaired) electrons. The molecule has 4 saturated carbocycles. The largest absolute Gasteiger partial charge is 0.478 e. The van der Waals surface area contributed by atoms with Crippen LogP contribution in [0.4, 0.5) is 0 Å². The molecule has 5 aliphatic carbocycles. The lowest BCUT2D eigenvalue weighted by atomic mass is 9.32. The second-order valence-corrected chi connectivity index (χ2v) is 19.6. The van der Waals surface area contributed by atoms with Crippen molar-refractivity contribution in [3.05, 3.63) is 53.6 Å². The molecule has 272 valence electrons. The third-order valence-corrected chi connectivity index (χ3v) is 16.6. The van der Waals surface area contributed by atoms with Gasteiger partial charge in [0.1, 0.15) is 0 Å². The van der Waals surface area contributed by atoms with Crippen LogP contribution in [0.2, 0.25) is 0 Å². The molecule has 2 N–H and O–H groups in total. The first-order valence-electron chi connectivity index (χ1n) is 20.1. The second-order valence-electron chi connectivity index (χ2n) is 19.6. The van der Waals surface area contributed by atoms with E-state index in [1.54, 1.807) is 12.1 Å². The number of hydrogen-bond acceptors (Lipinski definition) is 3. The van der Waals surface area contributed by atoms with Gasteiger partial charge in [0.25, 0.3) is 0 Å². The summed E-state index contributed by atoms with van der Waals surface area (Å²) < 4.78 is 0. The predicted octanol–water partition coefficient (Wildman–Crippen LogP) is 10.7. The molecule has 1 aromatic carbocycles. The summed E-state index contributed by atoms with van der Waals surface area (Å²) in [6, 6.07) is 8.83. The van der Waals surface area contributed by atoms with Crippen LogP contribution in [-0.2, 0) is 0 Å². The fourth-order valence-corrected chi connectivity index (χ4v) is 14.1. The third kappa shape index (κ3) is 5.73. The molecule has 4 nitrogen and oxygen atoms in total. The smallest absolute Gasteiger partial charge is 0.335 e. The van der Waals surface area contributed by atoms with Crippen LogP contribution < -0.4 is 5.32 Å². The molecule has 49 heavy (non-hydrogen) atoms. The zero-order valence-electron chi connectivity index (χ0n) is 32.9. The van der Waals surface area contributed by atoms with Gasteiger partial charge in [-0.15, -0.1) is 0 Å². The number of aromatic carboxylic acids is 1. The third-order valence-electron chi connectivity index (χ3n) is 16.6. The number of fused-ring (bicyclic) bond motifs is 7. The molecule has 0 aliphatic heterocycles. The Kier molecular flexibility index (Phi) is 9.74. The van der Waals surface area contributed by atoms with Gasteiger partial charge in [-0.3, -0.25) is 4.90 Å². The predicted molar refractivity (Wildman–Crippen MR) is 206 cm³/mol. The fraction of sp³-hybridized carbons (Fsp3) is 0.756. The van der Waals surface area contributed by atoms with Gasteiger partial charge in [0, 0.05) is 31.7 Å². The monoisotopic (exact) mass is 671 g/mol. The summed E-state index contributed by atoms with van der Waals surface area (Å²) in [4.78, 5) is 14.2. The summed E-state index contributed by atoms with van der Waals surface area (Å²) in [6.07, 6.45) is 14.5. The van der Waals surface area contributed by atoms with Crippen molar-refractivity contribution in [2.45, 2.75) is 139 Å².